The quantitative estimate of drug-likeness (QED) is 0.306. The van der Waals surface area contributed by atoms with Crippen molar-refractivity contribution in [3.63, 3.8) is 0 Å². The van der Waals surface area contributed by atoms with Gasteiger partial charge in [-0.1, -0.05) is 53.5 Å². The maximum Gasteiger partial charge on any atom is 0.294 e. The molecule has 0 atom stereocenters. The summed E-state index contributed by atoms with van der Waals surface area (Å²) in [6.07, 6.45) is 1.51. The maximum absolute atomic E-state index is 13.1. The molecule has 3 aromatic rings. The molecule has 2 fully saturated rings. The highest BCUT2D eigenvalue weighted by molar-refractivity contribution is 8.18. The molecular weight excluding hydrogens is 576 g/mol. The molecule has 0 aliphatic carbocycles. The molecule has 7 nitrogen and oxygen atoms in total. The van der Waals surface area contributed by atoms with Crippen LogP contribution in [0.3, 0.4) is 0 Å². The molecule has 0 radical (unpaired) electrons. The number of anilines is 1. The predicted octanol–water partition coefficient (Wildman–Crippen LogP) is 6.10. The topological polar surface area (TPSA) is 70.2 Å². The van der Waals surface area contributed by atoms with Crippen molar-refractivity contribution in [2.75, 3.05) is 37.6 Å². The molecule has 5 rings (SSSR count). The second-order valence-electron chi connectivity index (χ2n) is 9.20. The Morgan fingerprint density at radius 1 is 0.950 bits per heavy atom. The average molecular weight is 600 g/mol. The zero-order valence-corrected chi connectivity index (χ0v) is 23.5. The van der Waals surface area contributed by atoms with Crippen molar-refractivity contribution in [1.82, 2.24) is 9.80 Å². The number of carbonyl (C=O) groups excluding carboxylic acids is 3. The standard InChI is InChI=1S/C29H24Cl2FN3O4S/c30-23-14-20(15-24(31)27(23)39-18-19-6-8-21(32)9-7-19)16-25-28(37)35(29(38)40-25)17-26(36)34-12-10-33(11-13-34)22-4-2-1-3-5-22/h1-9,14-16H,10-13,17-18H2/b25-16+. The number of carbonyl (C=O) groups is 3. The van der Waals surface area contributed by atoms with E-state index < -0.39 is 11.1 Å². The number of amides is 3. The van der Waals surface area contributed by atoms with E-state index >= 15 is 0 Å². The van der Waals surface area contributed by atoms with E-state index in [0.29, 0.717) is 31.7 Å². The van der Waals surface area contributed by atoms with Gasteiger partial charge in [0.15, 0.2) is 5.75 Å². The smallest absolute Gasteiger partial charge is 0.294 e. The summed E-state index contributed by atoms with van der Waals surface area (Å²) in [5.41, 5.74) is 2.33. The molecule has 3 amide bonds. The lowest BCUT2D eigenvalue weighted by molar-refractivity contribution is -0.136. The number of piperazine rings is 1. The van der Waals surface area contributed by atoms with Crippen molar-refractivity contribution in [2.24, 2.45) is 0 Å². The van der Waals surface area contributed by atoms with E-state index in [0.717, 1.165) is 27.9 Å². The van der Waals surface area contributed by atoms with Crippen LogP contribution < -0.4 is 9.64 Å². The lowest BCUT2D eigenvalue weighted by Gasteiger charge is -2.36. The van der Waals surface area contributed by atoms with Crippen LogP contribution in [0.5, 0.6) is 5.75 Å². The Kier molecular flexibility index (Phi) is 8.63. The van der Waals surface area contributed by atoms with E-state index in [1.54, 1.807) is 29.2 Å². The number of hydrogen-bond acceptors (Lipinski definition) is 6. The molecule has 2 aliphatic heterocycles. The van der Waals surface area contributed by atoms with E-state index in [1.165, 1.54) is 18.2 Å². The first kappa shape index (κ1) is 28.0. The van der Waals surface area contributed by atoms with Crippen LogP contribution in [0.2, 0.25) is 10.0 Å². The number of imide groups is 1. The Labute approximate surface area is 245 Å². The minimum Gasteiger partial charge on any atom is -0.486 e. The minimum absolute atomic E-state index is 0.132. The Hall–Kier alpha value is -3.53. The highest BCUT2D eigenvalue weighted by atomic mass is 35.5. The van der Waals surface area contributed by atoms with Gasteiger partial charge in [-0.3, -0.25) is 19.3 Å². The average Bonchev–Trinajstić information content (AvgIpc) is 3.21. The van der Waals surface area contributed by atoms with Crippen molar-refractivity contribution >= 4 is 63.8 Å². The maximum atomic E-state index is 13.1. The van der Waals surface area contributed by atoms with E-state index in [-0.39, 0.29) is 45.6 Å². The second-order valence-corrected chi connectivity index (χ2v) is 11.0. The number of para-hydroxylation sites is 1. The highest BCUT2D eigenvalue weighted by Gasteiger charge is 2.37. The number of rotatable bonds is 7. The fourth-order valence-electron chi connectivity index (χ4n) is 4.41. The minimum atomic E-state index is -0.546. The van der Waals surface area contributed by atoms with Gasteiger partial charge in [0.1, 0.15) is 19.0 Å². The molecule has 0 N–H and O–H groups in total. The Balaban J connectivity index is 1.20. The Bertz CT molecular complexity index is 1440. The SMILES string of the molecule is O=C(CN1C(=O)S/C(=C/c2cc(Cl)c(OCc3ccc(F)cc3)c(Cl)c2)C1=O)N1CCN(c2ccccc2)CC1. The van der Waals surface area contributed by atoms with Crippen molar-refractivity contribution in [3.8, 4) is 5.75 Å². The van der Waals surface area contributed by atoms with Gasteiger partial charge < -0.3 is 14.5 Å². The van der Waals surface area contributed by atoms with E-state index in [4.69, 9.17) is 27.9 Å². The van der Waals surface area contributed by atoms with Crippen LogP contribution in [0.1, 0.15) is 11.1 Å². The molecule has 0 bridgehead atoms. The van der Waals surface area contributed by atoms with Crippen molar-refractivity contribution in [3.05, 3.63) is 98.6 Å². The monoisotopic (exact) mass is 599 g/mol. The van der Waals surface area contributed by atoms with Gasteiger partial charge in [0, 0.05) is 31.9 Å². The van der Waals surface area contributed by atoms with Gasteiger partial charge >= 0.3 is 0 Å². The number of thioether (sulfide) groups is 1. The molecule has 206 valence electrons. The summed E-state index contributed by atoms with van der Waals surface area (Å²) < 4.78 is 18.8. The summed E-state index contributed by atoms with van der Waals surface area (Å²) >= 11 is 13.5. The molecule has 0 unspecified atom stereocenters. The van der Waals surface area contributed by atoms with Gasteiger partial charge in [0.25, 0.3) is 11.1 Å². The molecule has 2 saturated heterocycles. The van der Waals surface area contributed by atoms with Gasteiger partial charge in [-0.25, -0.2) is 4.39 Å². The van der Waals surface area contributed by atoms with Gasteiger partial charge in [0.2, 0.25) is 5.91 Å². The van der Waals surface area contributed by atoms with Gasteiger partial charge in [-0.05, 0) is 65.4 Å². The highest BCUT2D eigenvalue weighted by Crippen LogP contribution is 2.38. The molecule has 0 spiro atoms. The summed E-state index contributed by atoms with van der Waals surface area (Å²) in [4.78, 5) is 43.6. The van der Waals surface area contributed by atoms with Crippen LogP contribution in [0.15, 0.2) is 71.6 Å². The third-order valence-electron chi connectivity index (χ3n) is 6.54. The molecule has 2 heterocycles. The summed E-state index contributed by atoms with van der Waals surface area (Å²) in [5, 5.41) is -0.0845. The third kappa shape index (κ3) is 6.43. The summed E-state index contributed by atoms with van der Waals surface area (Å²) in [5.74, 6) is -0.921. The summed E-state index contributed by atoms with van der Waals surface area (Å²) in [7, 11) is 0. The van der Waals surface area contributed by atoms with E-state index in [2.05, 4.69) is 4.90 Å². The number of hydrogen-bond donors (Lipinski definition) is 0. The van der Waals surface area contributed by atoms with Gasteiger partial charge in [-0.15, -0.1) is 0 Å². The molecule has 0 aromatic heterocycles. The lowest BCUT2D eigenvalue weighted by Crippen LogP contribution is -2.51. The van der Waals surface area contributed by atoms with Crippen molar-refractivity contribution in [2.45, 2.75) is 6.61 Å². The largest absolute Gasteiger partial charge is 0.486 e. The van der Waals surface area contributed by atoms with E-state index in [1.807, 2.05) is 30.3 Å². The fourth-order valence-corrected chi connectivity index (χ4v) is 5.86. The normalized spacial score (nSPS) is 16.7. The lowest BCUT2D eigenvalue weighted by atomic mass is 10.2. The van der Waals surface area contributed by atoms with E-state index in [9.17, 15) is 18.8 Å². The first-order chi connectivity index (χ1) is 19.3. The summed E-state index contributed by atoms with van der Waals surface area (Å²) in [6.45, 7) is 2.17. The number of nitrogens with zero attached hydrogens (tertiary/aromatic N) is 3. The molecule has 40 heavy (non-hydrogen) atoms. The van der Waals surface area contributed by atoms with Gasteiger partial charge in [-0.2, -0.15) is 0 Å². The molecule has 11 heteroatoms. The Morgan fingerprint density at radius 3 is 2.25 bits per heavy atom. The van der Waals surface area contributed by atoms with Gasteiger partial charge in [0.05, 0.1) is 15.0 Å². The first-order valence-corrected chi connectivity index (χ1v) is 14.0. The van der Waals surface area contributed by atoms with Crippen molar-refractivity contribution < 1.29 is 23.5 Å². The number of benzene rings is 3. The fraction of sp³-hybridized carbons (Fsp3) is 0.207. The van der Waals surface area contributed by atoms with Crippen LogP contribution in [-0.2, 0) is 16.2 Å². The van der Waals surface area contributed by atoms with Crippen LogP contribution >= 0.6 is 35.0 Å². The number of halogens is 3. The van der Waals surface area contributed by atoms with Crippen LogP contribution in [-0.4, -0.2) is 59.6 Å². The second kappa shape index (κ2) is 12.3. The van der Waals surface area contributed by atoms with Crippen LogP contribution in [0, 0.1) is 5.82 Å². The number of ether oxygens (including phenoxy) is 1. The zero-order chi connectivity index (χ0) is 28.2. The predicted molar refractivity (Wildman–Crippen MR) is 155 cm³/mol. The molecule has 3 aromatic carbocycles. The first-order valence-electron chi connectivity index (χ1n) is 12.5. The van der Waals surface area contributed by atoms with Crippen LogP contribution in [0.25, 0.3) is 6.08 Å². The summed E-state index contributed by atoms with van der Waals surface area (Å²) in [6, 6.07) is 18.9. The third-order valence-corrected chi connectivity index (χ3v) is 8.00. The molecule has 0 saturated carbocycles. The molecular formula is C29H24Cl2FN3O4S. The van der Waals surface area contributed by atoms with Crippen LogP contribution in [0.4, 0.5) is 14.9 Å². The van der Waals surface area contributed by atoms with Crippen molar-refractivity contribution in [1.29, 1.82) is 0 Å². The Morgan fingerprint density at radius 2 is 1.60 bits per heavy atom. The zero-order valence-electron chi connectivity index (χ0n) is 21.2. The molecule has 2 aliphatic rings.